The Morgan fingerprint density at radius 1 is 1.33 bits per heavy atom. The van der Waals surface area contributed by atoms with Crippen molar-refractivity contribution in [1.82, 2.24) is 5.32 Å². The van der Waals surface area contributed by atoms with E-state index in [2.05, 4.69) is 25.2 Å². The summed E-state index contributed by atoms with van der Waals surface area (Å²) in [5.74, 6) is 0.805. The lowest BCUT2D eigenvalue weighted by Gasteiger charge is -2.07. The van der Waals surface area contributed by atoms with E-state index in [9.17, 15) is 0 Å². The molecular weight excluding hydrogens is 184 g/mol. The van der Waals surface area contributed by atoms with Crippen LogP contribution in [0.4, 0.5) is 5.69 Å². The second-order valence-electron chi connectivity index (χ2n) is 4.46. The molecule has 1 aromatic rings. The zero-order valence-electron chi connectivity index (χ0n) is 9.79. The van der Waals surface area contributed by atoms with Crippen molar-refractivity contribution in [1.29, 1.82) is 0 Å². The molecule has 0 aliphatic rings. The maximum atomic E-state index is 5.70. The molecule has 0 atom stereocenters. The van der Waals surface area contributed by atoms with Crippen molar-refractivity contribution in [2.75, 3.05) is 12.3 Å². The van der Waals surface area contributed by atoms with Crippen LogP contribution in [0.1, 0.15) is 32.3 Å². The lowest BCUT2D eigenvalue weighted by Crippen LogP contribution is -2.15. The Labute approximate surface area is 92.9 Å². The van der Waals surface area contributed by atoms with Gasteiger partial charge in [-0.3, -0.25) is 0 Å². The van der Waals surface area contributed by atoms with Gasteiger partial charge < -0.3 is 11.1 Å². The van der Waals surface area contributed by atoms with Crippen molar-refractivity contribution in [2.24, 2.45) is 5.92 Å². The van der Waals surface area contributed by atoms with Gasteiger partial charge in [-0.2, -0.15) is 0 Å². The highest BCUT2D eigenvalue weighted by Gasteiger charge is 1.95. The average Bonchev–Trinajstić information content (AvgIpc) is 2.17. The summed E-state index contributed by atoms with van der Waals surface area (Å²) in [5, 5.41) is 3.43. The van der Waals surface area contributed by atoms with Crippen molar-refractivity contribution < 1.29 is 0 Å². The van der Waals surface area contributed by atoms with Gasteiger partial charge in [-0.1, -0.05) is 26.0 Å². The summed E-state index contributed by atoms with van der Waals surface area (Å²) >= 11 is 0. The van der Waals surface area contributed by atoms with Gasteiger partial charge in [0, 0.05) is 12.2 Å². The summed E-state index contributed by atoms with van der Waals surface area (Å²) in [4.78, 5) is 0. The van der Waals surface area contributed by atoms with Crippen molar-refractivity contribution in [2.45, 2.75) is 33.2 Å². The largest absolute Gasteiger partial charge is 0.399 e. The number of anilines is 1. The molecule has 0 bridgehead atoms. The van der Waals surface area contributed by atoms with Crippen molar-refractivity contribution in [3.63, 3.8) is 0 Å². The molecule has 1 aromatic carbocycles. The highest BCUT2D eigenvalue weighted by molar-refractivity contribution is 5.40. The molecule has 0 amide bonds. The normalized spacial score (nSPS) is 10.9. The molecule has 0 aliphatic carbocycles. The lowest BCUT2D eigenvalue weighted by atomic mass is 10.1. The summed E-state index contributed by atoms with van der Waals surface area (Å²) in [6, 6.07) is 8.05. The number of rotatable bonds is 6. The van der Waals surface area contributed by atoms with E-state index in [0.717, 1.165) is 24.7 Å². The predicted molar refractivity (Wildman–Crippen MR) is 66.6 cm³/mol. The first-order valence-electron chi connectivity index (χ1n) is 5.73. The lowest BCUT2D eigenvalue weighted by molar-refractivity contribution is 0.527. The highest BCUT2D eigenvalue weighted by Crippen LogP contribution is 2.06. The molecule has 2 heteroatoms. The Bertz CT molecular complexity index is 282. The number of nitrogen functional groups attached to an aromatic ring is 1. The zero-order chi connectivity index (χ0) is 11.1. The molecule has 0 spiro atoms. The molecule has 0 unspecified atom stereocenters. The van der Waals surface area contributed by atoms with Crippen LogP contribution in [0.2, 0.25) is 0 Å². The summed E-state index contributed by atoms with van der Waals surface area (Å²) < 4.78 is 0. The Kier molecular flexibility index (Phi) is 5.19. The van der Waals surface area contributed by atoms with Crippen LogP contribution in [0.25, 0.3) is 0 Å². The quantitative estimate of drug-likeness (QED) is 0.555. The summed E-state index contributed by atoms with van der Waals surface area (Å²) in [6.07, 6.45) is 2.55. The van der Waals surface area contributed by atoms with Gasteiger partial charge in [0.1, 0.15) is 0 Å². The van der Waals surface area contributed by atoms with Crippen molar-refractivity contribution >= 4 is 5.69 Å². The molecule has 0 aromatic heterocycles. The summed E-state index contributed by atoms with van der Waals surface area (Å²) in [5.41, 5.74) is 7.81. The van der Waals surface area contributed by atoms with Crippen LogP contribution in [0.5, 0.6) is 0 Å². The first-order chi connectivity index (χ1) is 7.18. The van der Waals surface area contributed by atoms with Crippen LogP contribution in [0, 0.1) is 5.92 Å². The SMILES string of the molecule is CC(C)CCCNCc1cccc(N)c1. The minimum Gasteiger partial charge on any atom is -0.399 e. The van der Waals surface area contributed by atoms with Crippen LogP contribution >= 0.6 is 0 Å². The second-order valence-corrected chi connectivity index (χ2v) is 4.46. The fourth-order valence-corrected chi connectivity index (χ4v) is 1.57. The maximum Gasteiger partial charge on any atom is 0.0317 e. The van der Waals surface area contributed by atoms with Gasteiger partial charge in [-0.05, 0) is 43.0 Å². The molecule has 0 aliphatic heterocycles. The first-order valence-corrected chi connectivity index (χ1v) is 5.73. The van der Waals surface area contributed by atoms with Crippen molar-refractivity contribution in [3.8, 4) is 0 Å². The molecule has 2 nitrogen and oxygen atoms in total. The van der Waals surface area contributed by atoms with Crippen LogP contribution in [-0.4, -0.2) is 6.54 Å². The first kappa shape index (κ1) is 12.1. The summed E-state index contributed by atoms with van der Waals surface area (Å²) in [6.45, 7) is 6.53. The number of hydrogen-bond donors (Lipinski definition) is 2. The fraction of sp³-hybridized carbons (Fsp3) is 0.538. The van der Waals surface area contributed by atoms with Crippen LogP contribution in [-0.2, 0) is 6.54 Å². The Morgan fingerprint density at radius 3 is 2.80 bits per heavy atom. The predicted octanol–water partition coefficient (Wildman–Crippen LogP) is 2.79. The van der Waals surface area contributed by atoms with E-state index in [4.69, 9.17) is 5.73 Å². The molecule has 0 saturated carbocycles. The van der Waals surface area contributed by atoms with Gasteiger partial charge in [0.25, 0.3) is 0 Å². The number of benzene rings is 1. The monoisotopic (exact) mass is 206 g/mol. The molecule has 0 fully saturated rings. The molecule has 0 saturated heterocycles. The van der Waals surface area contributed by atoms with Crippen LogP contribution in [0.15, 0.2) is 24.3 Å². The smallest absolute Gasteiger partial charge is 0.0317 e. The van der Waals surface area contributed by atoms with Crippen LogP contribution < -0.4 is 11.1 Å². The Balaban J connectivity index is 2.15. The molecule has 3 N–H and O–H groups in total. The van der Waals surface area contributed by atoms with E-state index in [0.29, 0.717) is 0 Å². The van der Waals surface area contributed by atoms with Gasteiger partial charge in [-0.15, -0.1) is 0 Å². The topological polar surface area (TPSA) is 38.0 Å². The zero-order valence-corrected chi connectivity index (χ0v) is 9.79. The maximum absolute atomic E-state index is 5.70. The third-order valence-corrected chi connectivity index (χ3v) is 2.42. The fourth-order valence-electron chi connectivity index (χ4n) is 1.57. The highest BCUT2D eigenvalue weighted by atomic mass is 14.8. The van der Waals surface area contributed by atoms with Crippen LogP contribution in [0.3, 0.4) is 0 Å². The Morgan fingerprint density at radius 2 is 2.13 bits per heavy atom. The van der Waals surface area contributed by atoms with E-state index in [-0.39, 0.29) is 0 Å². The van der Waals surface area contributed by atoms with Gasteiger partial charge in [0.15, 0.2) is 0 Å². The van der Waals surface area contributed by atoms with Gasteiger partial charge in [0.05, 0.1) is 0 Å². The molecule has 84 valence electrons. The van der Waals surface area contributed by atoms with Gasteiger partial charge in [-0.25, -0.2) is 0 Å². The van der Waals surface area contributed by atoms with Gasteiger partial charge >= 0.3 is 0 Å². The van der Waals surface area contributed by atoms with E-state index < -0.39 is 0 Å². The van der Waals surface area contributed by atoms with E-state index in [1.54, 1.807) is 0 Å². The molecule has 0 heterocycles. The third kappa shape index (κ3) is 5.43. The second kappa shape index (κ2) is 6.46. The summed E-state index contributed by atoms with van der Waals surface area (Å²) in [7, 11) is 0. The van der Waals surface area contributed by atoms with E-state index in [1.165, 1.54) is 18.4 Å². The molecule has 1 rings (SSSR count). The molecular formula is C13H22N2. The number of nitrogens with one attached hydrogen (secondary N) is 1. The van der Waals surface area contributed by atoms with E-state index in [1.807, 2.05) is 18.2 Å². The van der Waals surface area contributed by atoms with Crippen molar-refractivity contribution in [3.05, 3.63) is 29.8 Å². The van der Waals surface area contributed by atoms with Gasteiger partial charge in [0.2, 0.25) is 0 Å². The third-order valence-electron chi connectivity index (χ3n) is 2.42. The average molecular weight is 206 g/mol. The standard InChI is InChI=1S/C13H22N2/c1-11(2)5-4-8-15-10-12-6-3-7-13(14)9-12/h3,6-7,9,11,15H,4-5,8,10,14H2,1-2H3. The molecule has 15 heavy (non-hydrogen) atoms. The minimum absolute atomic E-state index is 0.805. The number of hydrogen-bond acceptors (Lipinski definition) is 2. The molecule has 0 radical (unpaired) electrons. The van der Waals surface area contributed by atoms with E-state index >= 15 is 0 Å². The Hall–Kier alpha value is -1.02. The number of nitrogens with two attached hydrogens (primary N) is 1. The minimum atomic E-state index is 0.805.